The summed E-state index contributed by atoms with van der Waals surface area (Å²) in [4.78, 5) is 0. The largest absolute Gasteiger partial charge is 0.410 e. The summed E-state index contributed by atoms with van der Waals surface area (Å²) in [5.74, 6) is 0. The van der Waals surface area contributed by atoms with Crippen LogP contribution in [0.2, 0.25) is 16.6 Å². The molecule has 1 aromatic rings. The molecule has 0 spiro atoms. The molecule has 0 N–H and O–H groups in total. The highest BCUT2D eigenvalue weighted by molar-refractivity contribution is 6.77. The minimum absolute atomic E-state index is 0.213. The lowest BCUT2D eigenvalue weighted by Crippen LogP contribution is -2.49. The van der Waals surface area contributed by atoms with Crippen LogP contribution in [0.4, 0.5) is 0 Å². The second-order valence-corrected chi connectivity index (χ2v) is 13.0. The second-order valence-electron chi connectivity index (χ2n) is 7.59. The number of hydrogen-bond acceptors (Lipinski definition) is 1. The smallest absolute Gasteiger partial charge is 0.201 e. The molecule has 1 nitrogen and oxygen atoms in total. The number of benzene rings is 1. The molecule has 0 amide bonds. The third-order valence-electron chi connectivity index (χ3n) is 4.95. The van der Waals surface area contributed by atoms with E-state index < -0.39 is 8.32 Å². The van der Waals surface area contributed by atoms with Crippen LogP contribution in [0.25, 0.3) is 0 Å². The Morgan fingerprint density at radius 3 is 1.87 bits per heavy atom. The van der Waals surface area contributed by atoms with Gasteiger partial charge in [-0.25, -0.2) is 0 Å². The van der Waals surface area contributed by atoms with Crippen LogP contribution < -0.4 is 0 Å². The summed E-state index contributed by atoms with van der Waals surface area (Å²) in [7, 11) is -1.77. The quantitative estimate of drug-likeness (QED) is 0.359. The Labute approximate surface area is 145 Å². The fourth-order valence-electron chi connectivity index (χ4n) is 3.95. The van der Waals surface area contributed by atoms with Crippen molar-refractivity contribution in [3.63, 3.8) is 0 Å². The van der Waals surface area contributed by atoms with E-state index in [0.29, 0.717) is 16.6 Å². The van der Waals surface area contributed by atoms with Crippen molar-refractivity contribution in [2.45, 2.75) is 84.0 Å². The summed E-state index contributed by atoms with van der Waals surface area (Å²) in [5.41, 5.74) is 3.33. The van der Waals surface area contributed by atoms with Crippen LogP contribution in [0.5, 0.6) is 0 Å². The Hall–Kier alpha value is -0.863. The molecule has 0 radical (unpaired) electrons. The van der Waals surface area contributed by atoms with Crippen molar-refractivity contribution in [3.05, 3.63) is 48.0 Å². The zero-order valence-corrected chi connectivity index (χ0v) is 17.2. The fraction of sp³-hybridized carbons (Fsp3) is 0.619. The van der Waals surface area contributed by atoms with Gasteiger partial charge in [0.05, 0.1) is 6.10 Å². The van der Waals surface area contributed by atoms with Gasteiger partial charge in [-0.3, -0.25) is 0 Å². The predicted molar refractivity (Wildman–Crippen MR) is 105 cm³/mol. The van der Waals surface area contributed by atoms with Crippen molar-refractivity contribution >= 4 is 8.32 Å². The van der Waals surface area contributed by atoms with Crippen LogP contribution in [0.1, 0.15) is 60.5 Å². The lowest BCUT2D eigenvalue weighted by molar-refractivity contribution is 0.233. The highest BCUT2D eigenvalue weighted by atomic mass is 28.4. The molecule has 1 atom stereocenters. The maximum atomic E-state index is 6.73. The van der Waals surface area contributed by atoms with Gasteiger partial charge in [0.2, 0.25) is 8.32 Å². The summed E-state index contributed by atoms with van der Waals surface area (Å²) >= 11 is 0. The minimum Gasteiger partial charge on any atom is -0.410 e. The minimum atomic E-state index is -1.77. The molecule has 0 aromatic heterocycles. The van der Waals surface area contributed by atoms with E-state index in [1.54, 1.807) is 0 Å². The molecule has 0 fully saturated rings. The van der Waals surface area contributed by atoms with E-state index >= 15 is 0 Å². The maximum Gasteiger partial charge on any atom is 0.201 e. The van der Waals surface area contributed by atoms with E-state index in [1.807, 2.05) is 0 Å². The molecule has 0 bridgehead atoms. The normalized spacial score (nSPS) is 14.3. The Balaban J connectivity index is 2.62. The van der Waals surface area contributed by atoms with Crippen LogP contribution >= 0.6 is 0 Å². The Kier molecular flexibility index (Phi) is 8.28. The lowest BCUT2D eigenvalue weighted by Gasteiger charge is -2.43. The standard InChI is InChI=1S/C21H36OSi/c1-17(2)23(18(3)4,19(5)6)22-20(7)13-11-12-16-21-14-9-8-10-15-21/h8-11,13-15,17-20H,12,16H2,1-7H3/b13-11-. The van der Waals surface area contributed by atoms with E-state index in [9.17, 15) is 0 Å². The SMILES string of the molecule is CC(/C=C\CCc1ccccc1)O[Si](C(C)C)(C(C)C)C(C)C. The van der Waals surface area contributed by atoms with Gasteiger partial charge in [-0.15, -0.1) is 0 Å². The summed E-state index contributed by atoms with van der Waals surface area (Å²) in [6.45, 7) is 16.3. The molecule has 1 rings (SSSR count). The van der Waals surface area contributed by atoms with Crippen molar-refractivity contribution in [2.24, 2.45) is 0 Å². The first-order chi connectivity index (χ1) is 10.8. The van der Waals surface area contributed by atoms with E-state index in [-0.39, 0.29) is 6.10 Å². The summed E-state index contributed by atoms with van der Waals surface area (Å²) < 4.78 is 6.73. The average Bonchev–Trinajstić information content (AvgIpc) is 2.49. The summed E-state index contributed by atoms with van der Waals surface area (Å²) in [6.07, 6.45) is 6.95. The molecule has 23 heavy (non-hydrogen) atoms. The number of allylic oxidation sites excluding steroid dienone is 1. The maximum absolute atomic E-state index is 6.73. The monoisotopic (exact) mass is 332 g/mol. The highest BCUT2D eigenvalue weighted by Gasteiger charge is 2.45. The molecular formula is C21H36OSi. The van der Waals surface area contributed by atoms with E-state index in [1.165, 1.54) is 5.56 Å². The van der Waals surface area contributed by atoms with Gasteiger partial charge in [0.15, 0.2) is 0 Å². The molecule has 2 heteroatoms. The van der Waals surface area contributed by atoms with Crippen molar-refractivity contribution in [3.8, 4) is 0 Å². The number of rotatable bonds is 9. The van der Waals surface area contributed by atoms with Gasteiger partial charge in [-0.05, 0) is 42.0 Å². The van der Waals surface area contributed by atoms with E-state index in [0.717, 1.165) is 12.8 Å². The van der Waals surface area contributed by atoms with E-state index in [2.05, 4.69) is 91.0 Å². The van der Waals surface area contributed by atoms with Crippen LogP contribution in [-0.2, 0) is 10.8 Å². The van der Waals surface area contributed by atoms with E-state index in [4.69, 9.17) is 4.43 Å². The van der Waals surface area contributed by atoms with Crippen molar-refractivity contribution in [2.75, 3.05) is 0 Å². The highest BCUT2D eigenvalue weighted by Crippen LogP contribution is 2.43. The van der Waals surface area contributed by atoms with Gasteiger partial charge < -0.3 is 4.43 Å². The average molecular weight is 333 g/mol. The van der Waals surface area contributed by atoms with Gasteiger partial charge in [0.1, 0.15) is 0 Å². The fourth-order valence-corrected chi connectivity index (χ4v) is 9.49. The third kappa shape index (κ3) is 5.61. The summed E-state index contributed by atoms with van der Waals surface area (Å²) in [5, 5.41) is 0. The predicted octanol–water partition coefficient (Wildman–Crippen LogP) is 6.76. The van der Waals surface area contributed by atoms with Crippen molar-refractivity contribution in [1.82, 2.24) is 0 Å². The van der Waals surface area contributed by atoms with Crippen LogP contribution in [-0.4, -0.2) is 14.4 Å². The second kappa shape index (κ2) is 9.44. The van der Waals surface area contributed by atoms with Gasteiger partial charge in [-0.1, -0.05) is 84.0 Å². The molecule has 0 aliphatic rings. The van der Waals surface area contributed by atoms with Gasteiger partial charge in [0, 0.05) is 0 Å². The Bertz CT molecular complexity index is 440. The zero-order chi connectivity index (χ0) is 17.5. The first-order valence-electron chi connectivity index (χ1n) is 9.19. The van der Waals surface area contributed by atoms with Crippen molar-refractivity contribution < 1.29 is 4.43 Å². The molecule has 1 aromatic carbocycles. The van der Waals surface area contributed by atoms with Gasteiger partial charge in [0.25, 0.3) is 0 Å². The topological polar surface area (TPSA) is 9.23 Å². The zero-order valence-electron chi connectivity index (χ0n) is 16.2. The van der Waals surface area contributed by atoms with Crippen LogP contribution in [0.15, 0.2) is 42.5 Å². The molecule has 0 aliphatic heterocycles. The van der Waals surface area contributed by atoms with Crippen LogP contribution in [0, 0.1) is 0 Å². The molecule has 0 aliphatic carbocycles. The lowest BCUT2D eigenvalue weighted by atomic mass is 10.1. The number of hydrogen-bond donors (Lipinski definition) is 0. The molecule has 0 saturated heterocycles. The Morgan fingerprint density at radius 2 is 1.39 bits per heavy atom. The first-order valence-corrected chi connectivity index (χ1v) is 11.3. The van der Waals surface area contributed by atoms with Crippen molar-refractivity contribution in [1.29, 1.82) is 0 Å². The molecule has 0 saturated carbocycles. The van der Waals surface area contributed by atoms with Gasteiger partial charge >= 0.3 is 0 Å². The molecule has 0 heterocycles. The Morgan fingerprint density at radius 1 is 0.870 bits per heavy atom. The van der Waals surface area contributed by atoms with Crippen LogP contribution in [0.3, 0.4) is 0 Å². The third-order valence-corrected chi connectivity index (χ3v) is 11.1. The first kappa shape index (κ1) is 20.2. The molecule has 130 valence electrons. The summed E-state index contributed by atoms with van der Waals surface area (Å²) in [6, 6.07) is 10.7. The molecular weight excluding hydrogens is 296 g/mol. The number of aryl methyl sites for hydroxylation is 1. The molecule has 1 unspecified atom stereocenters. The van der Waals surface area contributed by atoms with Gasteiger partial charge in [-0.2, -0.15) is 0 Å².